The second-order valence-corrected chi connectivity index (χ2v) is 8.76. The summed E-state index contributed by atoms with van der Waals surface area (Å²) in [5.74, 6) is -0.518. The number of benzene rings is 2. The lowest BCUT2D eigenvalue weighted by molar-refractivity contribution is 0.232. The molecule has 0 aliphatic heterocycles. The number of rotatable bonds is 5. The molecule has 1 aliphatic rings. The van der Waals surface area contributed by atoms with Crippen molar-refractivity contribution in [3.63, 3.8) is 0 Å². The van der Waals surface area contributed by atoms with Gasteiger partial charge in [0.1, 0.15) is 10.6 Å². The molecular formula is C21H20F2O4S. The number of allylic oxidation sites excluding steroid dienone is 2. The van der Waals surface area contributed by atoms with Gasteiger partial charge in [-0.05, 0) is 35.4 Å². The van der Waals surface area contributed by atoms with Gasteiger partial charge in [0.05, 0.1) is 14.2 Å². The monoisotopic (exact) mass is 406 g/mol. The van der Waals surface area contributed by atoms with E-state index in [1.165, 1.54) is 50.6 Å². The van der Waals surface area contributed by atoms with Gasteiger partial charge in [0.15, 0.2) is 21.3 Å². The molecule has 0 heterocycles. The molecule has 0 bridgehead atoms. The quantitative estimate of drug-likeness (QED) is 0.698. The number of hydrogen-bond donors (Lipinski definition) is 0. The highest BCUT2D eigenvalue weighted by molar-refractivity contribution is 7.92. The first kappa shape index (κ1) is 20.1. The second kappa shape index (κ2) is 7.05. The molecule has 7 heteroatoms. The van der Waals surface area contributed by atoms with Crippen LogP contribution in [0.2, 0.25) is 0 Å². The third-order valence-corrected chi connectivity index (χ3v) is 6.61. The van der Waals surface area contributed by atoms with Crippen LogP contribution in [-0.2, 0) is 20.3 Å². The van der Waals surface area contributed by atoms with E-state index in [1.807, 2.05) is 0 Å². The molecule has 2 atom stereocenters. The maximum Gasteiger partial charge on any atom is 0.205 e. The predicted molar refractivity (Wildman–Crippen MR) is 104 cm³/mol. The normalized spacial score (nSPS) is 24.5. The van der Waals surface area contributed by atoms with Crippen LogP contribution >= 0.6 is 0 Å². The summed E-state index contributed by atoms with van der Waals surface area (Å²) in [4.78, 5) is 0. The van der Waals surface area contributed by atoms with Crippen molar-refractivity contribution in [2.45, 2.75) is 10.4 Å². The Bertz CT molecular complexity index is 1050. The first-order chi connectivity index (χ1) is 13.2. The Morgan fingerprint density at radius 2 is 1.54 bits per heavy atom. The SMILES string of the molecule is COc1ccc(C2(S(C)(=O)=O)C=CC(F)(c3ccccc3)C(F)=C2)cc1OC. The second-order valence-electron chi connectivity index (χ2n) is 6.54. The Balaban J connectivity index is 2.21. The van der Waals surface area contributed by atoms with Crippen molar-refractivity contribution in [3.8, 4) is 11.5 Å². The Morgan fingerprint density at radius 1 is 0.893 bits per heavy atom. The van der Waals surface area contributed by atoms with E-state index in [0.717, 1.165) is 18.4 Å². The van der Waals surface area contributed by atoms with Gasteiger partial charge in [-0.3, -0.25) is 0 Å². The van der Waals surface area contributed by atoms with E-state index >= 15 is 8.78 Å². The lowest BCUT2D eigenvalue weighted by atomic mass is 9.83. The lowest BCUT2D eigenvalue weighted by Crippen LogP contribution is -2.36. The van der Waals surface area contributed by atoms with Gasteiger partial charge < -0.3 is 9.47 Å². The minimum Gasteiger partial charge on any atom is -0.493 e. The number of halogens is 2. The van der Waals surface area contributed by atoms with Crippen LogP contribution < -0.4 is 9.47 Å². The van der Waals surface area contributed by atoms with E-state index in [4.69, 9.17) is 9.47 Å². The first-order valence-corrected chi connectivity index (χ1v) is 10.3. The summed E-state index contributed by atoms with van der Waals surface area (Å²) in [6.07, 6.45) is 3.93. The largest absolute Gasteiger partial charge is 0.493 e. The molecule has 2 aromatic rings. The number of ether oxygens (including phenoxy) is 2. The van der Waals surface area contributed by atoms with Crippen molar-refractivity contribution in [2.75, 3.05) is 20.5 Å². The zero-order valence-corrected chi connectivity index (χ0v) is 16.5. The molecule has 4 nitrogen and oxygen atoms in total. The van der Waals surface area contributed by atoms with Gasteiger partial charge in [-0.2, -0.15) is 0 Å². The van der Waals surface area contributed by atoms with Crippen LogP contribution in [-0.4, -0.2) is 28.9 Å². The summed E-state index contributed by atoms with van der Waals surface area (Å²) in [7, 11) is -1.06. The van der Waals surface area contributed by atoms with E-state index in [0.29, 0.717) is 5.75 Å². The zero-order chi connectivity index (χ0) is 20.6. The highest BCUT2D eigenvalue weighted by atomic mass is 32.2. The summed E-state index contributed by atoms with van der Waals surface area (Å²) < 4.78 is 64.4. The summed E-state index contributed by atoms with van der Waals surface area (Å²) in [6.45, 7) is 0. The van der Waals surface area contributed by atoms with Crippen molar-refractivity contribution in [1.82, 2.24) is 0 Å². The number of alkyl halides is 1. The van der Waals surface area contributed by atoms with Crippen LogP contribution in [0.15, 0.2) is 72.6 Å². The maximum absolute atomic E-state index is 15.4. The van der Waals surface area contributed by atoms with Crippen molar-refractivity contribution in [3.05, 3.63) is 83.7 Å². The number of sulfone groups is 1. The van der Waals surface area contributed by atoms with Gasteiger partial charge in [0, 0.05) is 6.26 Å². The van der Waals surface area contributed by atoms with Gasteiger partial charge in [0.25, 0.3) is 0 Å². The highest BCUT2D eigenvalue weighted by Crippen LogP contribution is 2.48. The van der Waals surface area contributed by atoms with E-state index in [9.17, 15) is 8.42 Å². The van der Waals surface area contributed by atoms with Crippen LogP contribution in [0.5, 0.6) is 11.5 Å². The third kappa shape index (κ3) is 3.09. The average molecular weight is 406 g/mol. The van der Waals surface area contributed by atoms with Crippen molar-refractivity contribution in [2.24, 2.45) is 0 Å². The average Bonchev–Trinajstić information content (AvgIpc) is 2.69. The van der Waals surface area contributed by atoms with Gasteiger partial charge in [-0.25, -0.2) is 17.2 Å². The van der Waals surface area contributed by atoms with E-state index < -0.39 is 26.1 Å². The maximum atomic E-state index is 15.4. The highest BCUT2D eigenvalue weighted by Gasteiger charge is 2.48. The molecule has 0 spiro atoms. The smallest absolute Gasteiger partial charge is 0.205 e. The molecule has 2 unspecified atom stereocenters. The molecule has 0 fully saturated rings. The minimum absolute atomic E-state index is 0.0782. The standard InChI is InChI=1S/C21H20F2O4S/c1-26-17-10-9-16(13-18(17)27-2)20(28(3,24)25)11-12-21(23,19(22)14-20)15-7-5-4-6-8-15/h4-14H,1-3H3. The van der Waals surface area contributed by atoms with Crippen molar-refractivity contribution < 1.29 is 26.7 Å². The van der Waals surface area contributed by atoms with E-state index in [2.05, 4.69) is 0 Å². The van der Waals surface area contributed by atoms with E-state index in [-0.39, 0.29) is 16.9 Å². The molecule has 3 rings (SSSR count). The van der Waals surface area contributed by atoms with Crippen LogP contribution in [0, 0.1) is 0 Å². The molecule has 0 saturated heterocycles. The molecule has 0 radical (unpaired) electrons. The molecule has 1 aliphatic carbocycles. The van der Waals surface area contributed by atoms with Crippen LogP contribution in [0.3, 0.4) is 0 Å². The molecule has 2 aromatic carbocycles. The Labute approximate surface area is 163 Å². The number of methoxy groups -OCH3 is 2. The summed E-state index contributed by atoms with van der Waals surface area (Å²) in [5, 5.41) is 0. The predicted octanol–water partition coefficient (Wildman–Crippen LogP) is 4.23. The molecule has 28 heavy (non-hydrogen) atoms. The van der Waals surface area contributed by atoms with Crippen LogP contribution in [0.1, 0.15) is 11.1 Å². The third-order valence-electron chi connectivity index (χ3n) is 4.89. The lowest BCUT2D eigenvalue weighted by Gasteiger charge is -2.33. The fraction of sp³-hybridized carbons (Fsp3) is 0.238. The molecule has 0 saturated carbocycles. The van der Waals surface area contributed by atoms with Crippen LogP contribution in [0.25, 0.3) is 0 Å². The minimum atomic E-state index is -3.92. The topological polar surface area (TPSA) is 52.6 Å². The van der Waals surface area contributed by atoms with Gasteiger partial charge in [-0.15, -0.1) is 0 Å². The summed E-state index contributed by atoms with van der Waals surface area (Å²) >= 11 is 0. The van der Waals surface area contributed by atoms with Crippen LogP contribution in [0.4, 0.5) is 8.78 Å². The molecule has 0 aromatic heterocycles. The molecular weight excluding hydrogens is 386 g/mol. The van der Waals surface area contributed by atoms with Crippen molar-refractivity contribution >= 4 is 9.84 Å². The zero-order valence-electron chi connectivity index (χ0n) is 15.6. The first-order valence-electron chi connectivity index (χ1n) is 8.44. The summed E-state index contributed by atoms with van der Waals surface area (Å²) in [5.41, 5.74) is -2.24. The number of hydrogen-bond acceptors (Lipinski definition) is 4. The Morgan fingerprint density at radius 3 is 2.07 bits per heavy atom. The Hall–Kier alpha value is -2.67. The molecule has 148 valence electrons. The van der Waals surface area contributed by atoms with Gasteiger partial charge >= 0.3 is 0 Å². The Kier molecular flexibility index (Phi) is 5.06. The van der Waals surface area contributed by atoms with Gasteiger partial charge in [0.2, 0.25) is 5.67 Å². The van der Waals surface area contributed by atoms with Crippen molar-refractivity contribution in [1.29, 1.82) is 0 Å². The summed E-state index contributed by atoms with van der Waals surface area (Å²) in [6, 6.07) is 12.2. The fourth-order valence-corrected chi connectivity index (χ4v) is 4.47. The molecule has 0 amide bonds. The molecule has 0 N–H and O–H groups in total. The van der Waals surface area contributed by atoms with Gasteiger partial charge in [-0.1, -0.05) is 42.5 Å². The van der Waals surface area contributed by atoms with E-state index in [1.54, 1.807) is 18.2 Å². The fourth-order valence-electron chi connectivity index (χ4n) is 3.28.